The third kappa shape index (κ3) is 3.64. The van der Waals surface area contributed by atoms with E-state index in [0.29, 0.717) is 29.3 Å². The van der Waals surface area contributed by atoms with E-state index in [1.54, 1.807) is 0 Å². The fraction of sp³-hybridized carbons (Fsp3) is 0.619. The van der Waals surface area contributed by atoms with Crippen LogP contribution in [-0.4, -0.2) is 34.8 Å². The van der Waals surface area contributed by atoms with E-state index >= 15 is 0 Å². The average molecular weight is 415 g/mol. The highest BCUT2D eigenvalue weighted by atomic mass is 32.1. The van der Waals surface area contributed by atoms with Crippen molar-refractivity contribution in [1.82, 2.24) is 10.2 Å². The highest BCUT2D eigenvalue weighted by molar-refractivity contribution is 7.16. The molecule has 1 saturated heterocycles. The van der Waals surface area contributed by atoms with Crippen LogP contribution >= 0.6 is 11.3 Å². The largest absolute Gasteiger partial charge is 0.325 e. The van der Waals surface area contributed by atoms with Crippen molar-refractivity contribution in [3.05, 3.63) is 16.0 Å². The molecule has 0 unspecified atom stereocenters. The number of thiophene rings is 1. The molecule has 1 saturated carbocycles. The highest BCUT2D eigenvalue weighted by Gasteiger charge is 2.51. The van der Waals surface area contributed by atoms with Crippen LogP contribution in [0, 0.1) is 17.2 Å². The third-order valence-corrected chi connectivity index (χ3v) is 7.55. The van der Waals surface area contributed by atoms with Crippen LogP contribution in [0.15, 0.2) is 0 Å². The van der Waals surface area contributed by atoms with Crippen LogP contribution in [-0.2, 0) is 22.4 Å². The second-order valence-corrected chi connectivity index (χ2v) is 9.64. The Labute approximate surface area is 174 Å². The smallest absolute Gasteiger partial charge is 0.323 e. The Morgan fingerprint density at radius 1 is 1.31 bits per heavy atom. The summed E-state index contributed by atoms with van der Waals surface area (Å²) in [7, 11) is 0. The lowest BCUT2D eigenvalue weighted by Crippen LogP contribution is -2.47. The topological polar surface area (TPSA) is 102 Å². The number of nitrogens with one attached hydrogen (secondary N) is 2. The van der Waals surface area contributed by atoms with Crippen LogP contribution < -0.4 is 10.6 Å². The van der Waals surface area contributed by atoms with Crippen LogP contribution in [0.2, 0.25) is 0 Å². The molecule has 2 aliphatic carbocycles. The molecule has 7 nitrogen and oxygen atoms in total. The first-order chi connectivity index (χ1) is 13.9. The molecule has 2 fully saturated rings. The Morgan fingerprint density at radius 2 is 2.03 bits per heavy atom. The Hall–Kier alpha value is -2.40. The molecular formula is C21H26N4O3S. The molecule has 2 heterocycles. The van der Waals surface area contributed by atoms with Gasteiger partial charge in [-0.05, 0) is 43.6 Å². The van der Waals surface area contributed by atoms with E-state index < -0.39 is 17.5 Å². The van der Waals surface area contributed by atoms with Crippen LogP contribution in [0.5, 0.6) is 0 Å². The summed E-state index contributed by atoms with van der Waals surface area (Å²) in [5, 5.41) is 15.8. The lowest BCUT2D eigenvalue weighted by molar-refractivity contribution is -0.134. The SMILES string of the molecule is C[C@@H]1CCc2c(sc(NC(=O)CN3C(=O)NC4(CCCCCC4)C3=O)c2C#N)C1. The van der Waals surface area contributed by atoms with Gasteiger partial charge in [-0.15, -0.1) is 11.3 Å². The van der Waals surface area contributed by atoms with Crippen LogP contribution in [0.25, 0.3) is 0 Å². The minimum Gasteiger partial charge on any atom is -0.323 e. The minimum absolute atomic E-state index is 0.292. The zero-order valence-corrected chi connectivity index (χ0v) is 17.5. The second kappa shape index (κ2) is 7.79. The van der Waals surface area contributed by atoms with Crippen molar-refractivity contribution in [3.8, 4) is 6.07 Å². The molecular weight excluding hydrogens is 388 g/mol. The van der Waals surface area contributed by atoms with E-state index in [1.165, 1.54) is 11.3 Å². The molecule has 1 aromatic rings. The van der Waals surface area contributed by atoms with Gasteiger partial charge in [0.1, 0.15) is 23.2 Å². The number of carbonyl (C=O) groups is 3. The molecule has 3 aliphatic rings. The Balaban J connectivity index is 1.47. The van der Waals surface area contributed by atoms with Gasteiger partial charge in [0, 0.05) is 4.88 Å². The fourth-order valence-corrected chi connectivity index (χ4v) is 6.14. The summed E-state index contributed by atoms with van der Waals surface area (Å²) in [4.78, 5) is 40.2. The van der Waals surface area contributed by atoms with Gasteiger partial charge in [-0.25, -0.2) is 4.79 Å². The number of fused-ring (bicyclic) bond motifs is 1. The number of imide groups is 1. The van der Waals surface area contributed by atoms with E-state index in [0.717, 1.165) is 60.3 Å². The number of hydrogen-bond donors (Lipinski definition) is 2. The summed E-state index contributed by atoms with van der Waals surface area (Å²) in [6.45, 7) is 1.87. The number of carbonyl (C=O) groups excluding carboxylic acids is 3. The van der Waals surface area contributed by atoms with Crippen molar-refractivity contribution >= 4 is 34.2 Å². The zero-order chi connectivity index (χ0) is 20.6. The molecule has 1 aliphatic heterocycles. The van der Waals surface area contributed by atoms with Crippen molar-refractivity contribution in [1.29, 1.82) is 5.26 Å². The average Bonchev–Trinajstić information content (AvgIpc) is 2.99. The van der Waals surface area contributed by atoms with Gasteiger partial charge in [-0.1, -0.05) is 32.6 Å². The van der Waals surface area contributed by atoms with Gasteiger partial charge in [-0.2, -0.15) is 5.26 Å². The molecule has 0 radical (unpaired) electrons. The number of rotatable bonds is 3. The first kappa shape index (κ1) is 19.9. The molecule has 1 aromatic heterocycles. The maximum absolute atomic E-state index is 13.0. The van der Waals surface area contributed by atoms with Gasteiger partial charge in [0.2, 0.25) is 5.91 Å². The van der Waals surface area contributed by atoms with Crippen molar-refractivity contribution < 1.29 is 14.4 Å². The molecule has 4 rings (SSSR count). The maximum Gasteiger partial charge on any atom is 0.325 e. The van der Waals surface area contributed by atoms with E-state index in [-0.39, 0.29) is 12.5 Å². The molecule has 1 atom stereocenters. The number of nitrogens with zero attached hydrogens (tertiary/aromatic N) is 2. The van der Waals surface area contributed by atoms with E-state index in [4.69, 9.17) is 0 Å². The minimum atomic E-state index is -0.843. The molecule has 2 N–H and O–H groups in total. The number of nitriles is 1. The molecule has 0 bridgehead atoms. The fourth-order valence-electron chi connectivity index (χ4n) is 4.76. The first-order valence-corrected chi connectivity index (χ1v) is 11.2. The normalized spacial score (nSPS) is 23.3. The monoisotopic (exact) mass is 414 g/mol. The quantitative estimate of drug-likeness (QED) is 0.741. The predicted octanol–water partition coefficient (Wildman–Crippen LogP) is 3.33. The van der Waals surface area contributed by atoms with Gasteiger partial charge < -0.3 is 10.6 Å². The molecule has 0 aromatic carbocycles. The Bertz CT molecular complexity index is 892. The third-order valence-electron chi connectivity index (χ3n) is 6.38. The summed E-state index contributed by atoms with van der Waals surface area (Å²) in [6, 6.07) is 1.73. The summed E-state index contributed by atoms with van der Waals surface area (Å²) < 4.78 is 0. The molecule has 8 heteroatoms. The van der Waals surface area contributed by atoms with Gasteiger partial charge in [-0.3, -0.25) is 14.5 Å². The van der Waals surface area contributed by atoms with E-state index in [1.807, 2.05) is 0 Å². The zero-order valence-electron chi connectivity index (χ0n) is 16.7. The number of hydrogen-bond acceptors (Lipinski definition) is 5. The van der Waals surface area contributed by atoms with Crippen molar-refractivity contribution in [2.75, 3.05) is 11.9 Å². The van der Waals surface area contributed by atoms with Gasteiger partial charge in [0.15, 0.2) is 0 Å². The Kier molecular flexibility index (Phi) is 5.34. The summed E-state index contributed by atoms with van der Waals surface area (Å²) in [6.07, 6.45) is 7.98. The van der Waals surface area contributed by atoms with E-state index in [2.05, 4.69) is 23.6 Å². The van der Waals surface area contributed by atoms with Gasteiger partial charge in [0.25, 0.3) is 5.91 Å². The van der Waals surface area contributed by atoms with E-state index in [9.17, 15) is 19.6 Å². The summed E-state index contributed by atoms with van der Waals surface area (Å²) >= 11 is 1.44. The van der Waals surface area contributed by atoms with Crippen LogP contribution in [0.4, 0.5) is 9.80 Å². The lowest BCUT2D eigenvalue weighted by atomic mass is 9.89. The highest BCUT2D eigenvalue weighted by Crippen LogP contribution is 2.39. The van der Waals surface area contributed by atoms with Crippen LogP contribution in [0.1, 0.15) is 67.9 Å². The maximum atomic E-state index is 13.0. The summed E-state index contributed by atoms with van der Waals surface area (Å²) in [5.41, 5.74) is 0.727. The molecule has 29 heavy (non-hydrogen) atoms. The van der Waals surface area contributed by atoms with Crippen LogP contribution in [0.3, 0.4) is 0 Å². The molecule has 154 valence electrons. The number of anilines is 1. The predicted molar refractivity (Wildman–Crippen MR) is 110 cm³/mol. The number of urea groups is 1. The Morgan fingerprint density at radius 3 is 2.72 bits per heavy atom. The van der Waals surface area contributed by atoms with Crippen molar-refractivity contribution in [3.63, 3.8) is 0 Å². The lowest BCUT2D eigenvalue weighted by Gasteiger charge is -2.24. The second-order valence-electron chi connectivity index (χ2n) is 8.53. The van der Waals surface area contributed by atoms with Gasteiger partial charge >= 0.3 is 6.03 Å². The molecule has 4 amide bonds. The van der Waals surface area contributed by atoms with Crippen molar-refractivity contribution in [2.45, 2.75) is 70.3 Å². The molecule has 1 spiro atoms. The number of amides is 4. The van der Waals surface area contributed by atoms with Gasteiger partial charge in [0.05, 0.1) is 5.56 Å². The summed E-state index contributed by atoms with van der Waals surface area (Å²) in [5.74, 6) is -0.167. The standard InChI is InChI=1S/C21H26N4O3S/c1-13-6-7-14-15(11-22)18(29-16(14)10-13)23-17(26)12-25-19(27)21(24-20(25)28)8-4-2-3-5-9-21/h13H,2-10,12H2,1H3,(H,23,26)(H,24,28)/t13-/m1/s1. The first-order valence-electron chi connectivity index (χ1n) is 10.4. The van der Waals surface area contributed by atoms with Crippen molar-refractivity contribution in [2.24, 2.45) is 5.92 Å².